The van der Waals surface area contributed by atoms with Crippen LogP contribution in [0.3, 0.4) is 0 Å². The van der Waals surface area contributed by atoms with Crippen molar-refractivity contribution >= 4 is 8.07 Å². The van der Waals surface area contributed by atoms with Crippen molar-refractivity contribution in [1.29, 1.82) is 0 Å². The Kier molecular flexibility index (Phi) is 3.11. The highest BCUT2D eigenvalue weighted by Gasteiger charge is 2.35. The van der Waals surface area contributed by atoms with Crippen LogP contribution in [0.25, 0.3) is 11.1 Å². The van der Waals surface area contributed by atoms with Crippen molar-refractivity contribution in [3.63, 3.8) is 0 Å². The van der Waals surface area contributed by atoms with Gasteiger partial charge in [0.15, 0.2) is 0 Å². The Hall–Kier alpha value is -1.78. The lowest BCUT2D eigenvalue weighted by atomic mass is 9.82. The lowest BCUT2D eigenvalue weighted by Gasteiger charge is -2.21. The van der Waals surface area contributed by atoms with Crippen LogP contribution in [0.2, 0.25) is 19.6 Å². The summed E-state index contributed by atoms with van der Waals surface area (Å²) in [5.41, 5.74) is 10.3. The molecule has 21 heavy (non-hydrogen) atoms. The van der Waals surface area contributed by atoms with E-state index in [0.29, 0.717) is 0 Å². The van der Waals surface area contributed by atoms with Gasteiger partial charge in [0.2, 0.25) is 0 Å². The van der Waals surface area contributed by atoms with Gasteiger partial charge in [-0.25, -0.2) is 0 Å². The molecule has 0 aromatic heterocycles. The van der Waals surface area contributed by atoms with Crippen LogP contribution in [0.15, 0.2) is 42.5 Å². The standard InChI is InChI=1S/C20H22Si/c1-20(2)17-11-7-6-10-16(17)19-15(9-8-12-18(19)20)13-14-21(3,4)5/h6-12H,1-5H3. The highest BCUT2D eigenvalue weighted by molar-refractivity contribution is 6.83. The van der Waals surface area contributed by atoms with Crippen molar-refractivity contribution < 1.29 is 0 Å². The molecule has 0 heterocycles. The first-order valence-electron chi connectivity index (χ1n) is 7.57. The highest BCUT2D eigenvalue weighted by atomic mass is 28.3. The molecule has 2 aromatic carbocycles. The maximum absolute atomic E-state index is 3.51. The van der Waals surface area contributed by atoms with E-state index in [2.05, 4.69) is 87.4 Å². The van der Waals surface area contributed by atoms with Gasteiger partial charge in [-0.15, -0.1) is 5.54 Å². The molecule has 106 valence electrons. The van der Waals surface area contributed by atoms with Gasteiger partial charge in [0.05, 0.1) is 0 Å². The molecule has 0 radical (unpaired) electrons. The number of fused-ring (bicyclic) bond motifs is 3. The molecule has 1 aliphatic carbocycles. The fraction of sp³-hybridized carbons (Fsp3) is 0.300. The summed E-state index contributed by atoms with van der Waals surface area (Å²) in [5, 5.41) is 0. The minimum atomic E-state index is -1.36. The van der Waals surface area contributed by atoms with Gasteiger partial charge in [-0.05, 0) is 22.8 Å². The third-order valence-corrected chi connectivity index (χ3v) is 5.05. The summed E-state index contributed by atoms with van der Waals surface area (Å²) < 4.78 is 0. The van der Waals surface area contributed by atoms with E-state index >= 15 is 0 Å². The Labute approximate surface area is 129 Å². The van der Waals surface area contributed by atoms with Crippen LogP contribution in [0.1, 0.15) is 30.5 Å². The van der Waals surface area contributed by atoms with Gasteiger partial charge in [0, 0.05) is 16.5 Å². The molecule has 0 nitrogen and oxygen atoms in total. The van der Waals surface area contributed by atoms with E-state index in [1.807, 2.05) is 0 Å². The molecule has 0 bridgehead atoms. The molecule has 0 saturated carbocycles. The summed E-state index contributed by atoms with van der Waals surface area (Å²) in [5.74, 6) is 3.48. The zero-order chi connectivity index (χ0) is 15.3. The normalized spacial score (nSPS) is 14.9. The molecule has 3 rings (SSSR count). The molecule has 0 atom stereocenters. The zero-order valence-corrected chi connectivity index (χ0v) is 14.5. The van der Waals surface area contributed by atoms with Crippen molar-refractivity contribution in [3.8, 4) is 22.6 Å². The van der Waals surface area contributed by atoms with Crippen LogP contribution in [0.4, 0.5) is 0 Å². The summed E-state index contributed by atoms with van der Waals surface area (Å²) >= 11 is 0. The topological polar surface area (TPSA) is 0 Å². The van der Waals surface area contributed by atoms with Crippen molar-refractivity contribution in [3.05, 3.63) is 59.2 Å². The Morgan fingerprint density at radius 3 is 2.24 bits per heavy atom. The van der Waals surface area contributed by atoms with Crippen LogP contribution >= 0.6 is 0 Å². The fourth-order valence-corrected chi connectivity index (χ4v) is 3.62. The second-order valence-corrected chi connectivity index (χ2v) is 12.1. The summed E-state index contributed by atoms with van der Waals surface area (Å²) in [6.45, 7) is 11.5. The van der Waals surface area contributed by atoms with E-state index in [4.69, 9.17) is 0 Å². The third-order valence-electron chi connectivity index (χ3n) is 4.18. The van der Waals surface area contributed by atoms with E-state index in [1.54, 1.807) is 0 Å². The molecule has 1 aliphatic rings. The first-order valence-corrected chi connectivity index (χ1v) is 11.1. The second kappa shape index (κ2) is 4.61. The van der Waals surface area contributed by atoms with Gasteiger partial charge in [-0.1, -0.05) is 75.8 Å². The number of hydrogen-bond acceptors (Lipinski definition) is 0. The summed E-state index contributed by atoms with van der Waals surface area (Å²) in [6.07, 6.45) is 0. The molecular formula is C20H22Si. The van der Waals surface area contributed by atoms with Crippen LogP contribution in [-0.2, 0) is 5.41 Å². The molecule has 1 heteroatoms. The number of rotatable bonds is 0. The minimum absolute atomic E-state index is 0.0722. The van der Waals surface area contributed by atoms with Crippen molar-refractivity contribution in [2.45, 2.75) is 38.9 Å². The maximum atomic E-state index is 3.51. The SMILES string of the molecule is CC1(C)c2ccccc2-c2c(C#C[Si](C)(C)C)cccc21. The Morgan fingerprint density at radius 2 is 1.52 bits per heavy atom. The van der Waals surface area contributed by atoms with Crippen LogP contribution in [0.5, 0.6) is 0 Å². The average molecular weight is 290 g/mol. The van der Waals surface area contributed by atoms with Crippen LogP contribution < -0.4 is 0 Å². The molecule has 0 aliphatic heterocycles. The van der Waals surface area contributed by atoms with Crippen molar-refractivity contribution in [2.24, 2.45) is 0 Å². The molecule has 0 spiro atoms. The first-order chi connectivity index (χ1) is 9.81. The molecule has 0 amide bonds. The van der Waals surface area contributed by atoms with Crippen molar-refractivity contribution in [1.82, 2.24) is 0 Å². The largest absolute Gasteiger partial charge is 0.129 e. The predicted octanol–water partition coefficient (Wildman–Crippen LogP) is 5.22. The second-order valence-electron chi connectivity index (χ2n) is 7.40. The van der Waals surface area contributed by atoms with Gasteiger partial charge >= 0.3 is 0 Å². The molecular weight excluding hydrogens is 268 g/mol. The van der Waals surface area contributed by atoms with Gasteiger partial charge in [0.25, 0.3) is 0 Å². The summed E-state index contributed by atoms with van der Waals surface area (Å²) in [6, 6.07) is 15.3. The van der Waals surface area contributed by atoms with Gasteiger partial charge in [-0.2, -0.15) is 0 Å². The molecule has 2 aromatic rings. The maximum Gasteiger partial charge on any atom is 0.129 e. The highest BCUT2D eigenvalue weighted by Crippen LogP contribution is 2.49. The van der Waals surface area contributed by atoms with Crippen LogP contribution in [0, 0.1) is 11.5 Å². The van der Waals surface area contributed by atoms with E-state index < -0.39 is 8.07 Å². The molecule has 0 saturated heterocycles. The van der Waals surface area contributed by atoms with Gasteiger partial charge in [-0.3, -0.25) is 0 Å². The third kappa shape index (κ3) is 2.34. The number of hydrogen-bond donors (Lipinski definition) is 0. The summed E-state index contributed by atoms with van der Waals surface area (Å²) in [7, 11) is -1.36. The van der Waals surface area contributed by atoms with E-state index in [0.717, 1.165) is 0 Å². The lowest BCUT2D eigenvalue weighted by Crippen LogP contribution is -2.16. The number of benzene rings is 2. The Bertz CT molecular complexity index is 764. The predicted molar refractivity (Wildman–Crippen MR) is 94.2 cm³/mol. The molecule has 0 N–H and O–H groups in total. The van der Waals surface area contributed by atoms with Gasteiger partial charge < -0.3 is 0 Å². The molecule has 0 fully saturated rings. The van der Waals surface area contributed by atoms with Crippen LogP contribution in [-0.4, -0.2) is 8.07 Å². The van der Waals surface area contributed by atoms with E-state index in [9.17, 15) is 0 Å². The average Bonchev–Trinajstić information content (AvgIpc) is 2.66. The Balaban J connectivity index is 2.28. The van der Waals surface area contributed by atoms with Gasteiger partial charge in [0.1, 0.15) is 8.07 Å². The fourth-order valence-electron chi connectivity index (χ4n) is 3.11. The Morgan fingerprint density at radius 1 is 0.857 bits per heavy atom. The minimum Gasteiger partial charge on any atom is -0.127 e. The zero-order valence-electron chi connectivity index (χ0n) is 13.5. The smallest absolute Gasteiger partial charge is 0.127 e. The molecule has 0 unspecified atom stereocenters. The van der Waals surface area contributed by atoms with E-state index in [1.165, 1.54) is 27.8 Å². The summed E-state index contributed by atoms with van der Waals surface area (Å²) in [4.78, 5) is 0. The van der Waals surface area contributed by atoms with Crippen molar-refractivity contribution in [2.75, 3.05) is 0 Å². The lowest BCUT2D eigenvalue weighted by molar-refractivity contribution is 0.660. The quantitative estimate of drug-likeness (QED) is 0.461. The monoisotopic (exact) mass is 290 g/mol. The first kappa shape index (κ1) is 14.2. The van der Waals surface area contributed by atoms with E-state index in [-0.39, 0.29) is 5.41 Å².